The molecule has 0 radical (unpaired) electrons. The quantitative estimate of drug-likeness (QED) is 0.528. The maximum Gasteiger partial charge on any atom is 0.125 e. The third kappa shape index (κ3) is 5.21. The molecule has 2 heteroatoms. The molecule has 17 heavy (non-hydrogen) atoms. The predicted molar refractivity (Wildman–Crippen MR) is 77.3 cm³/mol. The molecule has 0 heterocycles. The molecule has 1 atom stereocenters. The molecule has 0 aliphatic heterocycles. The van der Waals surface area contributed by atoms with Crippen LogP contribution in [0.15, 0.2) is 30.3 Å². The molecule has 0 aliphatic rings. The molecule has 0 N–H and O–H groups in total. The van der Waals surface area contributed by atoms with Gasteiger partial charge in [0.2, 0.25) is 0 Å². The standard InChI is InChI=1S/C15H22OSi/c1-4-6-12-15(3,5-2)16-13-17-14-10-8-7-9-11-14/h2,7-11H,4,6,12-13,17H2,1,3H3. The Morgan fingerprint density at radius 3 is 2.65 bits per heavy atom. The van der Waals surface area contributed by atoms with E-state index in [1.807, 2.05) is 13.0 Å². The first-order chi connectivity index (χ1) is 8.20. The van der Waals surface area contributed by atoms with Crippen LogP contribution in [0.3, 0.4) is 0 Å². The zero-order chi connectivity index (χ0) is 12.6. The van der Waals surface area contributed by atoms with Crippen molar-refractivity contribution >= 4 is 14.7 Å². The molecule has 0 saturated heterocycles. The predicted octanol–water partition coefficient (Wildman–Crippen LogP) is 2.04. The first-order valence-electron chi connectivity index (χ1n) is 6.36. The van der Waals surface area contributed by atoms with Gasteiger partial charge in [-0.05, 0) is 19.8 Å². The highest BCUT2D eigenvalue weighted by Gasteiger charge is 2.20. The maximum absolute atomic E-state index is 5.91. The minimum atomic E-state index is -0.363. The highest BCUT2D eigenvalue weighted by molar-refractivity contribution is 6.53. The smallest absolute Gasteiger partial charge is 0.125 e. The van der Waals surface area contributed by atoms with E-state index in [2.05, 4.69) is 37.1 Å². The van der Waals surface area contributed by atoms with Crippen LogP contribution in [0.25, 0.3) is 0 Å². The van der Waals surface area contributed by atoms with Gasteiger partial charge in [-0.15, -0.1) is 6.42 Å². The van der Waals surface area contributed by atoms with Gasteiger partial charge in [0, 0.05) is 6.23 Å². The average molecular weight is 246 g/mol. The lowest BCUT2D eigenvalue weighted by molar-refractivity contribution is 0.0338. The van der Waals surface area contributed by atoms with Crippen LogP contribution >= 0.6 is 0 Å². The lowest BCUT2D eigenvalue weighted by atomic mass is 10.0. The number of hydrogen-bond donors (Lipinski definition) is 0. The van der Waals surface area contributed by atoms with Gasteiger partial charge in [-0.25, -0.2) is 0 Å². The summed E-state index contributed by atoms with van der Waals surface area (Å²) in [6.07, 6.45) is 9.65. The normalized spacial score (nSPS) is 14.6. The Morgan fingerprint density at radius 1 is 1.35 bits per heavy atom. The van der Waals surface area contributed by atoms with Crippen LogP contribution in [0.2, 0.25) is 0 Å². The van der Waals surface area contributed by atoms with Crippen molar-refractivity contribution < 1.29 is 4.74 Å². The van der Waals surface area contributed by atoms with E-state index < -0.39 is 0 Å². The Labute approximate surface area is 107 Å². The number of rotatable bonds is 7. The third-order valence-electron chi connectivity index (χ3n) is 2.97. The van der Waals surface area contributed by atoms with Crippen molar-refractivity contribution in [2.45, 2.75) is 38.7 Å². The van der Waals surface area contributed by atoms with Crippen molar-refractivity contribution in [2.75, 3.05) is 6.23 Å². The molecule has 0 bridgehead atoms. The van der Waals surface area contributed by atoms with Crippen molar-refractivity contribution in [3.05, 3.63) is 30.3 Å². The number of terminal acetylenes is 1. The van der Waals surface area contributed by atoms with Gasteiger partial charge in [0.15, 0.2) is 0 Å². The molecule has 0 aliphatic carbocycles. The van der Waals surface area contributed by atoms with Gasteiger partial charge in [0.25, 0.3) is 0 Å². The van der Waals surface area contributed by atoms with Crippen molar-refractivity contribution in [2.24, 2.45) is 0 Å². The first kappa shape index (κ1) is 14.0. The van der Waals surface area contributed by atoms with E-state index in [9.17, 15) is 0 Å². The van der Waals surface area contributed by atoms with Gasteiger partial charge in [-0.3, -0.25) is 0 Å². The number of benzene rings is 1. The molecule has 1 unspecified atom stereocenters. The Morgan fingerprint density at radius 2 is 2.06 bits per heavy atom. The summed E-state index contributed by atoms with van der Waals surface area (Å²) < 4.78 is 5.91. The molecule has 92 valence electrons. The third-order valence-corrected chi connectivity index (χ3v) is 4.42. The van der Waals surface area contributed by atoms with E-state index in [0.717, 1.165) is 25.5 Å². The molecular weight excluding hydrogens is 224 g/mol. The summed E-state index contributed by atoms with van der Waals surface area (Å²) in [5, 5.41) is 1.43. The second kappa shape index (κ2) is 7.32. The Balaban J connectivity index is 2.36. The summed E-state index contributed by atoms with van der Waals surface area (Å²) in [4.78, 5) is 0. The topological polar surface area (TPSA) is 9.23 Å². The van der Waals surface area contributed by atoms with E-state index in [0.29, 0.717) is 0 Å². The van der Waals surface area contributed by atoms with E-state index in [4.69, 9.17) is 11.2 Å². The molecule has 0 aromatic heterocycles. The van der Waals surface area contributed by atoms with Gasteiger partial charge in [-0.2, -0.15) is 0 Å². The van der Waals surface area contributed by atoms with Gasteiger partial charge in [0.05, 0.1) is 9.52 Å². The minimum Gasteiger partial charge on any atom is -0.366 e. The van der Waals surface area contributed by atoms with E-state index in [1.54, 1.807) is 0 Å². The summed E-state index contributed by atoms with van der Waals surface area (Å²) in [5.74, 6) is 2.80. The number of ether oxygens (including phenoxy) is 1. The fourth-order valence-corrected chi connectivity index (χ4v) is 3.13. The SMILES string of the molecule is C#CC(C)(CCCC)OC[SiH2]c1ccccc1. The second-order valence-electron chi connectivity index (χ2n) is 4.56. The molecule has 1 aromatic carbocycles. The highest BCUT2D eigenvalue weighted by Crippen LogP contribution is 2.17. The summed E-state index contributed by atoms with van der Waals surface area (Å²) in [6.45, 7) is 4.21. The van der Waals surface area contributed by atoms with E-state index in [-0.39, 0.29) is 15.1 Å². The fourth-order valence-electron chi connectivity index (χ4n) is 1.74. The molecule has 0 saturated carbocycles. The van der Waals surface area contributed by atoms with Crippen molar-refractivity contribution in [3.8, 4) is 12.3 Å². The van der Waals surface area contributed by atoms with Crippen LogP contribution in [0.5, 0.6) is 0 Å². The van der Waals surface area contributed by atoms with Crippen LogP contribution < -0.4 is 5.19 Å². The summed E-state index contributed by atoms with van der Waals surface area (Å²) in [6, 6.07) is 10.6. The first-order valence-corrected chi connectivity index (χ1v) is 8.06. The lowest BCUT2D eigenvalue weighted by Crippen LogP contribution is -2.31. The molecular formula is C15H22OSi. The van der Waals surface area contributed by atoms with Crippen molar-refractivity contribution in [3.63, 3.8) is 0 Å². The summed E-state index contributed by atoms with van der Waals surface area (Å²) in [7, 11) is -0.342. The number of hydrogen-bond acceptors (Lipinski definition) is 1. The van der Waals surface area contributed by atoms with Crippen molar-refractivity contribution in [1.29, 1.82) is 0 Å². The Kier molecular flexibility index (Phi) is 6.03. The Hall–Kier alpha value is -1.04. The van der Waals surface area contributed by atoms with E-state index in [1.165, 1.54) is 5.19 Å². The molecule has 0 amide bonds. The highest BCUT2D eigenvalue weighted by atomic mass is 28.2. The summed E-state index contributed by atoms with van der Waals surface area (Å²) in [5.41, 5.74) is -0.363. The molecule has 1 nitrogen and oxygen atoms in total. The van der Waals surface area contributed by atoms with Gasteiger partial charge < -0.3 is 4.74 Å². The molecule has 1 rings (SSSR count). The van der Waals surface area contributed by atoms with Crippen molar-refractivity contribution in [1.82, 2.24) is 0 Å². The zero-order valence-electron chi connectivity index (χ0n) is 10.9. The monoisotopic (exact) mass is 246 g/mol. The van der Waals surface area contributed by atoms with E-state index >= 15 is 0 Å². The lowest BCUT2D eigenvalue weighted by Gasteiger charge is -2.24. The van der Waals surface area contributed by atoms with Crippen LogP contribution in [-0.2, 0) is 4.74 Å². The van der Waals surface area contributed by atoms with Crippen LogP contribution in [0.1, 0.15) is 33.1 Å². The van der Waals surface area contributed by atoms with Crippen LogP contribution in [0, 0.1) is 12.3 Å². The van der Waals surface area contributed by atoms with Gasteiger partial charge in [0.1, 0.15) is 5.60 Å². The molecule has 0 fully saturated rings. The minimum absolute atomic E-state index is 0.342. The van der Waals surface area contributed by atoms with Crippen LogP contribution in [0.4, 0.5) is 0 Å². The fraction of sp³-hybridized carbons (Fsp3) is 0.467. The number of unbranched alkanes of at least 4 members (excludes halogenated alkanes) is 1. The maximum atomic E-state index is 5.91. The zero-order valence-corrected chi connectivity index (χ0v) is 12.3. The molecule has 1 aromatic rings. The van der Waals surface area contributed by atoms with Gasteiger partial charge >= 0.3 is 0 Å². The van der Waals surface area contributed by atoms with Crippen LogP contribution in [-0.4, -0.2) is 21.4 Å². The second-order valence-corrected chi connectivity index (χ2v) is 6.29. The summed E-state index contributed by atoms with van der Waals surface area (Å²) >= 11 is 0. The average Bonchev–Trinajstić information content (AvgIpc) is 2.38. The Bertz CT molecular complexity index is 355. The van der Waals surface area contributed by atoms with Gasteiger partial charge in [-0.1, -0.05) is 54.8 Å². The largest absolute Gasteiger partial charge is 0.366 e. The molecule has 0 spiro atoms.